The van der Waals surface area contributed by atoms with E-state index in [1.807, 2.05) is 0 Å². The van der Waals surface area contributed by atoms with Gasteiger partial charge in [0, 0.05) is 38.7 Å². The van der Waals surface area contributed by atoms with Gasteiger partial charge in [-0.3, -0.25) is 0 Å². The Labute approximate surface area is 150 Å². The first-order chi connectivity index (χ1) is 7.86. The molecular weight excluding hydrogens is 442 g/mol. The largest absolute Gasteiger partial charge is 1.00 e. The summed E-state index contributed by atoms with van der Waals surface area (Å²) in [5, 5.41) is 0. The van der Waals surface area contributed by atoms with E-state index in [0.29, 0.717) is 0 Å². The van der Waals surface area contributed by atoms with Gasteiger partial charge >= 0.3 is 0 Å². The molecule has 2 aliphatic carbocycles. The van der Waals surface area contributed by atoms with Gasteiger partial charge in [-0.05, 0) is 12.8 Å². The molecule has 0 heterocycles. The third kappa shape index (κ3) is 11.9. The normalized spacial score (nSPS) is 14.2. The smallest absolute Gasteiger partial charge is 0.00834 e. The summed E-state index contributed by atoms with van der Waals surface area (Å²) in [6.07, 6.45) is 22.0. The van der Waals surface area contributed by atoms with Crippen molar-refractivity contribution in [2.24, 2.45) is 0 Å². The summed E-state index contributed by atoms with van der Waals surface area (Å²) in [4.78, 5) is 0. The van der Waals surface area contributed by atoms with Gasteiger partial charge in [0.25, 0.3) is 0 Å². The molecule has 2 aliphatic rings. The van der Waals surface area contributed by atoms with E-state index in [2.05, 4.69) is 63.1 Å². The Hall–Kier alpha value is 0.410. The zero-order valence-corrected chi connectivity index (χ0v) is 16.8. The predicted molar refractivity (Wildman–Crippen MR) is 72.9 cm³/mol. The minimum atomic E-state index is 0. The zero-order chi connectivity index (χ0) is 11.6. The summed E-state index contributed by atoms with van der Waals surface area (Å²) < 4.78 is 0. The zero-order valence-electron chi connectivity index (χ0n) is 11.7. The van der Waals surface area contributed by atoms with E-state index in [4.69, 9.17) is 0 Å². The summed E-state index contributed by atoms with van der Waals surface area (Å²) in [6.45, 7) is 4.40. The van der Waals surface area contributed by atoms with Crippen molar-refractivity contribution >= 4 is 0 Å². The van der Waals surface area contributed by atoms with Crippen molar-refractivity contribution in [1.82, 2.24) is 0 Å². The Kier molecular flexibility index (Phi) is 21.2. The maximum Gasteiger partial charge on any atom is 0.00834 e. The van der Waals surface area contributed by atoms with E-state index in [-0.39, 0.29) is 50.7 Å². The number of halogens is 2. The van der Waals surface area contributed by atoms with Crippen LogP contribution in [0.3, 0.4) is 0 Å². The molecule has 3 heteroatoms. The third-order valence-electron chi connectivity index (χ3n) is 2.54. The quantitative estimate of drug-likeness (QED) is 0.469. The molecule has 0 saturated heterocycles. The van der Waals surface area contributed by atoms with Crippen molar-refractivity contribution in [2.45, 2.75) is 39.5 Å². The van der Waals surface area contributed by atoms with Gasteiger partial charge in [-0.2, -0.15) is 0 Å². The molecule has 0 atom stereocenters. The second-order valence-electron chi connectivity index (χ2n) is 4.09. The summed E-state index contributed by atoms with van der Waals surface area (Å²) in [5.41, 5.74) is 2.93. The maximum atomic E-state index is 2.20. The topological polar surface area (TPSA) is 0 Å². The van der Waals surface area contributed by atoms with Gasteiger partial charge in [0.2, 0.25) is 0 Å². The average Bonchev–Trinajstić information content (AvgIpc) is 2.92. The van der Waals surface area contributed by atoms with Crippen molar-refractivity contribution in [2.75, 3.05) is 0 Å². The summed E-state index contributed by atoms with van der Waals surface area (Å²) in [5.74, 6) is 0. The minimum absolute atomic E-state index is 0. The van der Waals surface area contributed by atoms with Crippen LogP contribution in [0.5, 0.6) is 0 Å². The van der Waals surface area contributed by atoms with Gasteiger partial charge in [0.1, 0.15) is 0 Å². The SMILES string of the molecule is CCCC1=CC=C[CH]1.CCCC1=CC=C[CH]1.[Cl-].[Cl-].[Hf]. The van der Waals surface area contributed by atoms with E-state index in [0.717, 1.165) is 0 Å². The standard InChI is InChI=1S/2C8H11.2ClH.Hf/c2*1-2-5-8-6-3-4-7-8;;;/h2*3-4,6-7H,2,5H2,1H3;2*1H;/p-2. The molecule has 0 aromatic carbocycles. The predicted octanol–water partition coefficient (Wildman–Crippen LogP) is -1.02. The molecule has 106 valence electrons. The second-order valence-corrected chi connectivity index (χ2v) is 4.09. The summed E-state index contributed by atoms with van der Waals surface area (Å²) in [7, 11) is 0. The first-order valence-electron chi connectivity index (χ1n) is 6.28. The monoisotopic (exact) mass is 464 g/mol. The van der Waals surface area contributed by atoms with Gasteiger partial charge in [-0.25, -0.2) is 0 Å². The third-order valence-corrected chi connectivity index (χ3v) is 2.54. The van der Waals surface area contributed by atoms with Gasteiger partial charge < -0.3 is 24.8 Å². The van der Waals surface area contributed by atoms with E-state index in [9.17, 15) is 0 Å². The Balaban J connectivity index is -0.000000233. The molecule has 0 nitrogen and oxygen atoms in total. The number of hydrogen-bond acceptors (Lipinski definition) is 0. The molecule has 19 heavy (non-hydrogen) atoms. The van der Waals surface area contributed by atoms with Crippen LogP contribution in [0.1, 0.15) is 39.5 Å². The first-order valence-corrected chi connectivity index (χ1v) is 6.28. The molecular formula is C16H22Cl2Hf-2. The fraction of sp³-hybridized carbons (Fsp3) is 0.375. The van der Waals surface area contributed by atoms with Crippen LogP contribution in [0.2, 0.25) is 0 Å². The molecule has 0 aromatic heterocycles. The van der Waals surface area contributed by atoms with Crippen LogP contribution in [0, 0.1) is 12.8 Å². The Morgan fingerprint density at radius 1 is 0.684 bits per heavy atom. The van der Waals surface area contributed by atoms with Crippen LogP contribution >= 0.6 is 0 Å². The molecule has 0 fully saturated rings. The minimum Gasteiger partial charge on any atom is -1.00 e. The van der Waals surface area contributed by atoms with Crippen molar-refractivity contribution in [3.05, 3.63) is 60.4 Å². The van der Waals surface area contributed by atoms with Gasteiger partial charge in [-0.1, -0.05) is 74.3 Å². The first kappa shape index (κ1) is 24.4. The van der Waals surface area contributed by atoms with E-state index >= 15 is 0 Å². The average molecular weight is 464 g/mol. The molecule has 0 bridgehead atoms. The molecule has 0 unspecified atom stereocenters. The number of hydrogen-bond donors (Lipinski definition) is 0. The summed E-state index contributed by atoms with van der Waals surface area (Å²) >= 11 is 0. The van der Waals surface area contributed by atoms with E-state index in [1.54, 1.807) is 0 Å². The Morgan fingerprint density at radius 3 is 1.26 bits per heavy atom. The van der Waals surface area contributed by atoms with Crippen LogP contribution in [0.4, 0.5) is 0 Å². The van der Waals surface area contributed by atoms with Crippen molar-refractivity contribution < 1.29 is 50.7 Å². The van der Waals surface area contributed by atoms with E-state index < -0.39 is 0 Å². The fourth-order valence-electron chi connectivity index (χ4n) is 1.74. The van der Waals surface area contributed by atoms with Crippen molar-refractivity contribution in [3.63, 3.8) is 0 Å². The van der Waals surface area contributed by atoms with Crippen LogP contribution in [-0.2, 0) is 25.8 Å². The van der Waals surface area contributed by atoms with Crippen LogP contribution in [0.25, 0.3) is 0 Å². The Bertz CT molecular complexity index is 283. The fourth-order valence-corrected chi connectivity index (χ4v) is 1.74. The molecule has 2 rings (SSSR count). The molecule has 0 amide bonds. The molecule has 2 radical (unpaired) electrons. The van der Waals surface area contributed by atoms with Gasteiger partial charge in [0.05, 0.1) is 0 Å². The molecule has 0 N–H and O–H groups in total. The molecule has 0 saturated carbocycles. The number of rotatable bonds is 4. The summed E-state index contributed by atoms with van der Waals surface area (Å²) in [6, 6.07) is 0. The van der Waals surface area contributed by atoms with Gasteiger partial charge in [0.15, 0.2) is 0 Å². The van der Waals surface area contributed by atoms with Crippen LogP contribution in [-0.4, -0.2) is 0 Å². The van der Waals surface area contributed by atoms with Crippen LogP contribution in [0.15, 0.2) is 47.6 Å². The van der Waals surface area contributed by atoms with Crippen LogP contribution < -0.4 is 24.8 Å². The molecule has 0 aliphatic heterocycles. The molecule has 0 spiro atoms. The van der Waals surface area contributed by atoms with Crippen molar-refractivity contribution in [1.29, 1.82) is 0 Å². The second kappa shape index (κ2) is 16.5. The number of allylic oxidation sites excluding steroid dienone is 8. The van der Waals surface area contributed by atoms with E-state index in [1.165, 1.54) is 36.8 Å². The Morgan fingerprint density at radius 2 is 1.05 bits per heavy atom. The van der Waals surface area contributed by atoms with Gasteiger partial charge in [-0.15, -0.1) is 0 Å². The maximum absolute atomic E-state index is 2.20. The van der Waals surface area contributed by atoms with Crippen molar-refractivity contribution in [3.8, 4) is 0 Å². The molecule has 0 aromatic rings.